The average molecular weight is 245 g/mol. The van der Waals surface area contributed by atoms with Gasteiger partial charge in [0.1, 0.15) is 0 Å². The van der Waals surface area contributed by atoms with Gasteiger partial charge < -0.3 is 0 Å². The van der Waals surface area contributed by atoms with Crippen molar-refractivity contribution in [2.24, 2.45) is 0 Å². The Hall–Kier alpha value is 0.0895. The molecule has 0 N–H and O–H groups in total. The summed E-state index contributed by atoms with van der Waals surface area (Å²) in [4.78, 5) is 0. The Bertz CT molecular complexity index is 198. The van der Waals surface area contributed by atoms with Crippen molar-refractivity contribution in [1.82, 2.24) is 0 Å². The van der Waals surface area contributed by atoms with Gasteiger partial charge in [-0.2, -0.15) is 0 Å². The minimum absolute atomic E-state index is 0.635. The number of rotatable bonds is 5. The monoisotopic (exact) mass is 246 g/mol. The molecule has 0 aromatic heterocycles. The van der Waals surface area contributed by atoms with Gasteiger partial charge >= 0.3 is 84.3 Å². The second-order valence-corrected chi connectivity index (χ2v) is 6.90. The van der Waals surface area contributed by atoms with E-state index in [0.717, 1.165) is 0 Å². The number of hydrogen-bond acceptors (Lipinski definition) is 1. The SMILES string of the molecule is CCCCS[Se]c1ccccc1. The normalized spacial score (nSPS) is 10.1. The second kappa shape index (κ2) is 6.59. The van der Waals surface area contributed by atoms with Crippen LogP contribution in [0.2, 0.25) is 0 Å². The first-order valence-electron chi connectivity index (χ1n) is 4.28. The fourth-order valence-corrected chi connectivity index (χ4v) is 4.68. The van der Waals surface area contributed by atoms with E-state index in [1.165, 1.54) is 23.1 Å². The first-order chi connectivity index (χ1) is 5.93. The molecule has 66 valence electrons. The van der Waals surface area contributed by atoms with Crippen LogP contribution in [-0.2, 0) is 0 Å². The van der Waals surface area contributed by atoms with Crippen molar-refractivity contribution in [2.75, 3.05) is 5.75 Å². The molecule has 0 aliphatic heterocycles. The Balaban J connectivity index is 2.16. The van der Waals surface area contributed by atoms with Crippen LogP contribution in [0.5, 0.6) is 0 Å². The third kappa shape index (κ3) is 4.20. The van der Waals surface area contributed by atoms with Crippen LogP contribution in [0.15, 0.2) is 30.3 Å². The summed E-state index contributed by atoms with van der Waals surface area (Å²) >= 11 is 0.635. The molecule has 1 aromatic carbocycles. The zero-order chi connectivity index (χ0) is 8.65. The predicted molar refractivity (Wildman–Crippen MR) is 59.2 cm³/mol. The topological polar surface area (TPSA) is 0 Å². The van der Waals surface area contributed by atoms with Crippen molar-refractivity contribution >= 4 is 28.5 Å². The standard InChI is InChI=1S/C10H14SSe/c1-2-3-9-11-12-10-7-5-4-6-8-10/h4-8H,2-3,9H2,1H3. The van der Waals surface area contributed by atoms with Gasteiger partial charge in [-0.1, -0.05) is 0 Å². The van der Waals surface area contributed by atoms with E-state index in [1.807, 2.05) is 0 Å². The Kier molecular flexibility index (Phi) is 5.59. The average Bonchev–Trinajstić information content (AvgIpc) is 2.14. The maximum atomic E-state index is 2.25. The molecule has 12 heavy (non-hydrogen) atoms. The fraction of sp³-hybridized carbons (Fsp3) is 0.400. The van der Waals surface area contributed by atoms with Crippen LogP contribution in [0.25, 0.3) is 0 Å². The molecule has 1 rings (SSSR count). The van der Waals surface area contributed by atoms with Gasteiger partial charge in [-0.15, -0.1) is 0 Å². The molecule has 2 heteroatoms. The van der Waals surface area contributed by atoms with Crippen LogP contribution in [0, 0.1) is 0 Å². The summed E-state index contributed by atoms with van der Waals surface area (Å²) in [5.74, 6) is 1.32. The summed E-state index contributed by atoms with van der Waals surface area (Å²) in [6.07, 6.45) is 2.68. The summed E-state index contributed by atoms with van der Waals surface area (Å²) in [5.41, 5.74) is 0. The zero-order valence-electron chi connectivity index (χ0n) is 7.32. The number of unbranched alkanes of at least 4 members (excludes halogenated alkanes) is 1. The zero-order valence-corrected chi connectivity index (χ0v) is 9.85. The van der Waals surface area contributed by atoms with Gasteiger partial charge in [-0.05, 0) is 0 Å². The summed E-state index contributed by atoms with van der Waals surface area (Å²) in [5, 5.41) is 0. The van der Waals surface area contributed by atoms with Crippen molar-refractivity contribution in [2.45, 2.75) is 19.8 Å². The Morgan fingerprint density at radius 1 is 1.25 bits per heavy atom. The van der Waals surface area contributed by atoms with E-state index in [2.05, 4.69) is 47.4 Å². The van der Waals surface area contributed by atoms with E-state index in [9.17, 15) is 0 Å². The quantitative estimate of drug-likeness (QED) is 0.567. The summed E-state index contributed by atoms with van der Waals surface area (Å²) in [6, 6.07) is 10.8. The number of benzene rings is 1. The van der Waals surface area contributed by atoms with Crippen molar-refractivity contribution in [3.8, 4) is 0 Å². The molecule has 0 fully saturated rings. The van der Waals surface area contributed by atoms with E-state index < -0.39 is 0 Å². The molecule has 0 aliphatic rings. The van der Waals surface area contributed by atoms with Crippen molar-refractivity contribution in [1.29, 1.82) is 0 Å². The molecule has 0 atom stereocenters. The van der Waals surface area contributed by atoms with Crippen LogP contribution in [-0.4, -0.2) is 19.6 Å². The molecule has 0 radical (unpaired) electrons. The fourth-order valence-electron chi connectivity index (χ4n) is 0.789. The van der Waals surface area contributed by atoms with E-state index >= 15 is 0 Å². The molecule has 0 nitrogen and oxygen atoms in total. The first kappa shape index (κ1) is 10.2. The Labute approximate surface area is 84.4 Å². The molecular weight excluding hydrogens is 231 g/mol. The molecule has 0 amide bonds. The molecule has 1 aromatic rings. The summed E-state index contributed by atoms with van der Waals surface area (Å²) < 4.78 is 1.51. The molecule has 0 unspecified atom stereocenters. The molecule has 0 saturated carbocycles. The van der Waals surface area contributed by atoms with Gasteiger partial charge in [0.25, 0.3) is 0 Å². The van der Waals surface area contributed by atoms with Crippen LogP contribution in [0.1, 0.15) is 19.8 Å². The number of hydrogen-bond donors (Lipinski definition) is 0. The van der Waals surface area contributed by atoms with E-state index in [1.54, 1.807) is 0 Å². The first-order valence-corrected chi connectivity index (χ1v) is 8.14. The van der Waals surface area contributed by atoms with Crippen LogP contribution >= 0.6 is 10.2 Å². The second-order valence-electron chi connectivity index (χ2n) is 2.57. The van der Waals surface area contributed by atoms with E-state index in [0.29, 0.717) is 13.8 Å². The van der Waals surface area contributed by atoms with Gasteiger partial charge in [0, 0.05) is 0 Å². The van der Waals surface area contributed by atoms with Gasteiger partial charge in [0.15, 0.2) is 0 Å². The summed E-state index contributed by atoms with van der Waals surface area (Å²) in [7, 11) is 2.09. The molecule has 0 bridgehead atoms. The van der Waals surface area contributed by atoms with E-state index in [4.69, 9.17) is 0 Å². The maximum absolute atomic E-state index is 2.25. The molecule has 0 saturated heterocycles. The summed E-state index contributed by atoms with van der Waals surface area (Å²) in [6.45, 7) is 2.25. The molecule has 0 spiro atoms. The predicted octanol–water partition coefficient (Wildman–Crippen LogP) is 2.46. The van der Waals surface area contributed by atoms with Crippen molar-refractivity contribution in [3.63, 3.8) is 0 Å². The minimum atomic E-state index is 0.635. The van der Waals surface area contributed by atoms with Gasteiger partial charge in [-0.25, -0.2) is 0 Å². The van der Waals surface area contributed by atoms with Gasteiger partial charge in [0.2, 0.25) is 0 Å². The van der Waals surface area contributed by atoms with Crippen molar-refractivity contribution in [3.05, 3.63) is 30.3 Å². The van der Waals surface area contributed by atoms with Crippen LogP contribution < -0.4 is 4.46 Å². The van der Waals surface area contributed by atoms with Crippen LogP contribution in [0.3, 0.4) is 0 Å². The third-order valence-electron chi connectivity index (χ3n) is 1.48. The van der Waals surface area contributed by atoms with Gasteiger partial charge in [0.05, 0.1) is 0 Å². The van der Waals surface area contributed by atoms with E-state index in [-0.39, 0.29) is 0 Å². The molecular formula is C10H14SSe. The Morgan fingerprint density at radius 3 is 2.67 bits per heavy atom. The van der Waals surface area contributed by atoms with Crippen molar-refractivity contribution < 1.29 is 0 Å². The van der Waals surface area contributed by atoms with Crippen LogP contribution in [0.4, 0.5) is 0 Å². The molecule has 0 aliphatic carbocycles. The Morgan fingerprint density at radius 2 is 2.00 bits per heavy atom. The van der Waals surface area contributed by atoms with Gasteiger partial charge in [-0.3, -0.25) is 0 Å². The molecule has 0 heterocycles. The third-order valence-corrected chi connectivity index (χ3v) is 5.82.